The molecule has 1 aromatic heterocycles. The van der Waals surface area contributed by atoms with E-state index < -0.39 is 11.0 Å². The minimum Gasteiger partial charge on any atom is -0.494 e. The Morgan fingerprint density at radius 3 is 2.48 bits per heavy atom. The molecule has 0 saturated carbocycles. The number of hydrogen-bond acceptors (Lipinski definition) is 3. The Morgan fingerprint density at radius 1 is 1.07 bits per heavy atom. The van der Waals surface area contributed by atoms with Crippen LogP contribution in [0.4, 0.5) is 0 Å². The van der Waals surface area contributed by atoms with Crippen LogP contribution in [-0.2, 0) is 17.4 Å². The maximum absolute atomic E-state index is 11.5. The first-order chi connectivity index (χ1) is 14.1. The number of benzene rings is 2. The third-order valence-corrected chi connectivity index (χ3v) is 5.18. The van der Waals surface area contributed by atoms with Crippen molar-refractivity contribution in [3.8, 4) is 29.7 Å². The van der Waals surface area contributed by atoms with Crippen LogP contribution in [-0.4, -0.2) is 15.8 Å². The Kier molecular flexibility index (Phi) is 9.10. The number of rotatable bonds is 8. The quantitative estimate of drug-likeness (QED) is 0.436. The summed E-state index contributed by atoms with van der Waals surface area (Å²) in [5.74, 6) is 0.858. The number of aromatic nitrogens is 1. The van der Waals surface area contributed by atoms with Crippen LogP contribution < -0.4 is 9.88 Å². The molecular weight excluding hydrogens is 380 g/mol. The summed E-state index contributed by atoms with van der Waals surface area (Å²) in [6.07, 6.45) is 14.8. The van der Waals surface area contributed by atoms with Crippen LogP contribution in [0.15, 0.2) is 71.9 Å². The molecule has 3 aromatic rings. The van der Waals surface area contributed by atoms with Gasteiger partial charge in [0, 0.05) is 12.4 Å². The van der Waals surface area contributed by atoms with Crippen LogP contribution in [0.2, 0.25) is 0 Å². The molecule has 2 aromatic carbocycles. The van der Waals surface area contributed by atoms with Crippen molar-refractivity contribution in [2.24, 2.45) is 5.14 Å². The Hall–Kier alpha value is -2.94. The fourth-order valence-corrected chi connectivity index (χ4v) is 3.37. The molecule has 0 aliphatic rings. The van der Waals surface area contributed by atoms with Gasteiger partial charge in [-0.3, -0.25) is 4.98 Å². The second-order valence-corrected chi connectivity index (χ2v) is 7.53. The van der Waals surface area contributed by atoms with Crippen molar-refractivity contribution in [1.29, 1.82) is 0 Å². The highest BCUT2D eigenvalue weighted by atomic mass is 32.2. The molecule has 1 unspecified atom stereocenters. The third-order valence-electron chi connectivity index (χ3n) is 4.46. The zero-order chi connectivity index (χ0) is 21.1. The van der Waals surface area contributed by atoms with Gasteiger partial charge in [0.05, 0.1) is 11.5 Å². The van der Waals surface area contributed by atoms with E-state index >= 15 is 0 Å². The van der Waals surface area contributed by atoms with Gasteiger partial charge in [0.1, 0.15) is 16.7 Å². The number of terminal acetylenes is 1. The van der Waals surface area contributed by atoms with Crippen LogP contribution >= 0.6 is 0 Å². The Bertz CT molecular complexity index is 938. The number of nitrogens with zero attached hydrogens (tertiary/aromatic N) is 1. The van der Waals surface area contributed by atoms with Crippen LogP contribution in [0, 0.1) is 19.8 Å². The van der Waals surface area contributed by atoms with E-state index in [9.17, 15) is 4.21 Å². The van der Waals surface area contributed by atoms with Crippen LogP contribution in [0.5, 0.6) is 5.75 Å². The van der Waals surface area contributed by atoms with Crippen LogP contribution in [0.1, 0.15) is 24.0 Å². The molecule has 0 aliphatic carbocycles. The lowest BCUT2D eigenvalue weighted by atomic mass is 10.0. The van der Waals surface area contributed by atoms with Crippen molar-refractivity contribution >= 4 is 11.0 Å². The largest absolute Gasteiger partial charge is 0.494 e. The van der Waals surface area contributed by atoms with E-state index in [1.807, 2.05) is 55.6 Å². The lowest BCUT2D eigenvalue weighted by Gasteiger charge is -2.10. The zero-order valence-electron chi connectivity index (χ0n) is 16.6. The van der Waals surface area contributed by atoms with Crippen molar-refractivity contribution in [1.82, 2.24) is 4.98 Å². The van der Waals surface area contributed by atoms with Crippen LogP contribution in [0.3, 0.4) is 0 Å². The molecule has 0 saturated heterocycles. The molecule has 0 fully saturated rings. The van der Waals surface area contributed by atoms with Gasteiger partial charge in [-0.25, -0.2) is 9.35 Å². The minimum atomic E-state index is -1.47. The van der Waals surface area contributed by atoms with Gasteiger partial charge in [-0.1, -0.05) is 24.3 Å². The van der Waals surface area contributed by atoms with E-state index in [4.69, 9.17) is 9.88 Å². The Balaban J connectivity index is 0.00000145. The van der Waals surface area contributed by atoms with Gasteiger partial charge in [-0.05, 0) is 78.8 Å². The smallest absolute Gasteiger partial charge is 0.122 e. The Labute approximate surface area is 175 Å². The highest BCUT2D eigenvalue weighted by Gasteiger charge is 2.06. The monoisotopic (exact) mass is 406 g/mol. The molecule has 5 heteroatoms. The molecular formula is C24H26N2O2S. The predicted molar refractivity (Wildman–Crippen MR) is 120 cm³/mol. The average Bonchev–Trinajstić information content (AvgIpc) is 2.76. The molecule has 150 valence electrons. The lowest BCUT2D eigenvalue weighted by molar-refractivity contribution is 0.307. The SMILES string of the molecule is C#C.Cc1ccc(S(N)=O)cc1-c1ccc(OCCCCc2cccnc2)cc1. The topological polar surface area (TPSA) is 65.2 Å². The van der Waals surface area contributed by atoms with E-state index in [1.54, 1.807) is 12.3 Å². The minimum absolute atomic E-state index is 0.629. The molecule has 2 N–H and O–H groups in total. The first-order valence-electron chi connectivity index (χ1n) is 9.36. The molecule has 3 rings (SSSR count). The van der Waals surface area contributed by atoms with Crippen LogP contribution in [0.25, 0.3) is 11.1 Å². The second-order valence-electron chi connectivity index (χ2n) is 6.47. The summed E-state index contributed by atoms with van der Waals surface area (Å²) >= 11 is 0. The van der Waals surface area contributed by atoms with E-state index in [0.717, 1.165) is 41.7 Å². The third kappa shape index (κ3) is 6.86. The van der Waals surface area contributed by atoms with E-state index in [2.05, 4.69) is 23.9 Å². The molecule has 1 atom stereocenters. The highest BCUT2D eigenvalue weighted by molar-refractivity contribution is 7.82. The standard InChI is InChI=1S/C22H24N2O2S.C2H2/c1-17-7-12-21(27(23)25)15-22(17)19-8-10-20(11-9-19)26-14-3-2-5-18-6-4-13-24-16-18;1-2/h4,6-13,15-16H,2-3,5,14,23H2,1H3;1-2H. The number of ether oxygens (including phenoxy) is 1. The van der Waals surface area contributed by atoms with Gasteiger partial charge in [-0.15, -0.1) is 12.8 Å². The average molecular weight is 407 g/mol. The fraction of sp³-hybridized carbons (Fsp3) is 0.208. The van der Waals surface area contributed by atoms with Crippen molar-refractivity contribution in [2.75, 3.05) is 6.61 Å². The zero-order valence-corrected chi connectivity index (χ0v) is 17.4. The molecule has 4 nitrogen and oxygen atoms in total. The summed E-state index contributed by atoms with van der Waals surface area (Å²) in [7, 11) is -1.47. The van der Waals surface area contributed by atoms with Crippen molar-refractivity contribution < 1.29 is 8.95 Å². The maximum Gasteiger partial charge on any atom is 0.122 e. The number of unbranched alkanes of at least 4 members (excludes halogenated alkanes) is 1. The van der Waals surface area contributed by atoms with Gasteiger partial charge in [0.25, 0.3) is 0 Å². The summed E-state index contributed by atoms with van der Waals surface area (Å²) in [6.45, 7) is 2.73. The second kappa shape index (κ2) is 11.8. The van der Waals surface area contributed by atoms with E-state index in [1.165, 1.54) is 5.56 Å². The van der Waals surface area contributed by atoms with Crippen molar-refractivity contribution in [3.63, 3.8) is 0 Å². The summed E-state index contributed by atoms with van der Waals surface area (Å²) in [6, 6.07) is 17.7. The summed E-state index contributed by atoms with van der Waals surface area (Å²) in [5, 5.41) is 5.50. The summed E-state index contributed by atoms with van der Waals surface area (Å²) < 4.78 is 17.4. The van der Waals surface area contributed by atoms with E-state index in [-0.39, 0.29) is 0 Å². The molecule has 29 heavy (non-hydrogen) atoms. The van der Waals surface area contributed by atoms with Gasteiger partial charge in [-0.2, -0.15) is 0 Å². The molecule has 0 amide bonds. The summed E-state index contributed by atoms with van der Waals surface area (Å²) in [5.41, 5.74) is 4.48. The number of hydrogen-bond donors (Lipinski definition) is 1. The normalized spacial score (nSPS) is 11.2. The number of aryl methyl sites for hydroxylation is 2. The van der Waals surface area contributed by atoms with Gasteiger partial charge in [0.15, 0.2) is 0 Å². The molecule has 0 radical (unpaired) electrons. The molecule has 0 aliphatic heterocycles. The van der Waals surface area contributed by atoms with Crippen molar-refractivity contribution in [2.45, 2.75) is 31.1 Å². The fourth-order valence-electron chi connectivity index (χ4n) is 2.94. The molecule has 0 spiro atoms. The first kappa shape index (κ1) is 22.4. The van der Waals surface area contributed by atoms with Gasteiger partial charge < -0.3 is 4.74 Å². The number of nitrogens with two attached hydrogens (primary N) is 1. The molecule has 1 heterocycles. The maximum atomic E-state index is 11.5. The highest BCUT2D eigenvalue weighted by Crippen LogP contribution is 2.27. The lowest BCUT2D eigenvalue weighted by Crippen LogP contribution is -2.03. The van der Waals surface area contributed by atoms with E-state index in [0.29, 0.717) is 11.5 Å². The van der Waals surface area contributed by atoms with Gasteiger partial charge in [0.2, 0.25) is 0 Å². The molecule has 0 bridgehead atoms. The van der Waals surface area contributed by atoms with Gasteiger partial charge >= 0.3 is 0 Å². The first-order valence-corrected chi connectivity index (χ1v) is 10.6. The van der Waals surface area contributed by atoms with Crippen molar-refractivity contribution in [3.05, 3.63) is 78.1 Å². The predicted octanol–water partition coefficient (Wildman–Crippen LogP) is 4.69. The number of pyridine rings is 1. The summed E-state index contributed by atoms with van der Waals surface area (Å²) in [4.78, 5) is 4.76. The Morgan fingerprint density at radius 2 is 1.83 bits per heavy atom.